The van der Waals surface area contributed by atoms with Gasteiger partial charge in [-0.15, -0.1) is 0 Å². The van der Waals surface area contributed by atoms with E-state index in [4.69, 9.17) is 0 Å². The number of carbonyl (C=O) groups excluding carboxylic acids is 2. The van der Waals surface area contributed by atoms with E-state index >= 15 is 0 Å². The molecule has 2 amide bonds. The van der Waals surface area contributed by atoms with Gasteiger partial charge in [0.1, 0.15) is 5.41 Å². The first kappa shape index (κ1) is 24.1. The van der Waals surface area contributed by atoms with Gasteiger partial charge >= 0.3 is 0 Å². The average Bonchev–Trinajstić information content (AvgIpc) is 3.26. The molecule has 0 heterocycles. The van der Waals surface area contributed by atoms with Crippen LogP contribution in [0, 0.1) is 17.3 Å². The van der Waals surface area contributed by atoms with E-state index in [0.29, 0.717) is 25.7 Å². The molecule has 4 N–H and O–H groups in total. The van der Waals surface area contributed by atoms with Gasteiger partial charge in [-0.1, -0.05) is 53.4 Å². The molecule has 0 aromatic carbocycles. The van der Waals surface area contributed by atoms with Crippen LogP contribution >= 0.6 is 0 Å². The van der Waals surface area contributed by atoms with Crippen LogP contribution in [0.1, 0.15) is 92.9 Å². The van der Waals surface area contributed by atoms with E-state index in [1.807, 2.05) is 27.7 Å². The van der Waals surface area contributed by atoms with Crippen molar-refractivity contribution in [3.05, 3.63) is 0 Å². The first-order valence-electron chi connectivity index (χ1n) is 11.4. The fraction of sp³-hybridized carbons (Fsp3) is 0.913. The summed E-state index contributed by atoms with van der Waals surface area (Å²) in [5.74, 6) is -0.642. The third kappa shape index (κ3) is 5.13. The van der Waals surface area contributed by atoms with Crippen LogP contribution in [0.2, 0.25) is 0 Å². The van der Waals surface area contributed by atoms with Crippen LogP contribution in [0.4, 0.5) is 0 Å². The number of amides is 2. The Kier molecular flexibility index (Phi) is 7.43. The smallest absolute Gasteiger partial charge is 0.235 e. The highest BCUT2D eigenvalue weighted by Gasteiger charge is 2.47. The van der Waals surface area contributed by atoms with E-state index in [-0.39, 0.29) is 35.7 Å². The van der Waals surface area contributed by atoms with Crippen molar-refractivity contribution in [1.29, 1.82) is 0 Å². The minimum absolute atomic E-state index is 0.0588. The molecule has 168 valence electrons. The third-order valence-corrected chi connectivity index (χ3v) is 7.14. The molecule has 0 bridgehead atoms. The second-order valence-electron chi connectivity index (χ2n) is 10.6. The Morgan fingerprint density at radius 3 is 1.24 bits per heavy atom. The minimum Gasteiger partial charge on any atom is -0.388 e. The lowest BCUT2D eigenvalue weighted by Crippen LogP contribution is -2.61. The van der Waals surface area contributed by atoms with Crippen molar-refractivity contribution < 1.29 is 19.8 Å². The molecule has 6 heteroatoms. The Balaban J connectivity index is 2.12. The predicted octanol–water partition coefficient (Wildman–Crippen LogP) is 2.90. The fourth-order valence-electron chi connectivity index (χ4n) is 5.19. The topological polar surface area (TPSA) is 98.7 Å². The summed E-state index contributed by atoms with van der Waals surface area (Å²) in [6.45, 7) is 11.2. The summed E-state index contributed by atoms with van der Waals surface area (Å²) in [6.07, 6.45) is 6.50. The lowest BCUT2D eigenvalue weighted by atomic mass is 9.81. The van der Waals surface area contributed by atoms with Crippen LogP contribution in [0.3, 0.4) is 0 Å². The minimum atomic E-state index is -1.30. The highest BCUT2D eigenvalue weighted by Crippen LogP contribution is 2.37. The number of hydrogen-bond donors (Lipinski definition) is 4. The van der Waals surface area contributed by atoms with E-state index in [2.05, 4.69) is 10.6 Å². The Bertz CT molecular complexity index is 538. The van der Waals surface area contributed by atoms with Gasteiger partial charge in [-0.25, -0.2) is 0 Å². The van der Waals surface area contributed by atoms with E-state index in [9.17, 15) is 19.8 Å². The number of hydrogen-bond acceptors (Lipinski definition) is 4. The summed E-state index contributed by atoms with van der Waals surface area (Å²) in [5, 5.41) is 28.0. The van der Waals surface area contributed by atoms with Gasteiger partial charge in [0.15, 0.2) is 0 Å². The van der Waals surface area contributed by atoms with Crippen molar-refractivity contribution in [3.63, 3.8) is 0 Å². The van der Waals surface area contributed by atoms with E-state index in [1.54, 1.807) is 13.8 Å². The van der Waals surface area contributed by atoms with E-state index in [0.717, 1.165) is 25.7 Å². The normalized spacial score (nSPS) is 23.2. The Morgan fingerprint density at radius 2 is 1.00 bits per heavy atom. The van der Waals surface area contributed by atoms with Crippen LogP contribution < -0.4 is 10.6 Å². The molecule has 0 saturated heterocycles. The summed E-state index contributed by atoms with van der Waals surface area (Å²) in [6, 6.07) is -0.769. The predicted molar refractivity (Wildman–Crippen MR) is 114 cm³/mol. The maximum atomic E-state index is 13.1. The van der Waals surface area contributed by atoms with Gasteiger partial charge in [0.05, 0.1) is 23.3 Å². The molecule has 0 aromatic rings. The molecule has 0 spiro atoms. The van der Waals surface area contributed by atoms with Crippen LogP contribution in [-0.2, 0) is 9.59 Å². The second kappa shape index (κ2) is 8.93. The number of aliphatic hydroxyl groups is 2. The van der Waals surface area contributed by atoms with Crippen LogP contribution in [0.5, 0.6) is 0 Å². The highest BCUT2D eigenvalue weighted by atomic mass is 16.3. The Hall–Kier alpha value is -1.14. The van der Waals surface area contributed by atoms with Gasteiger partial charge in [0.25, 0.3) is 0 Å². The summed E-state index contributed by atoms with van der Waals surface area (Å²) in [7, 11) is 0. The molecule has 2 aliphatic carbocycles. The molecule has 2 rings (SSSR count). The average molecular weight is 411 g/mol. The van der Waals surface area contributed by atoms with Crippen molar-refractivity contribution in [2.75, 3.05) is 0 Å². The largest absolute Gasteiger partial charge is 0.388 e. The van der Waals surface area contributed by atoms with Crippen molar-refractivity contribution in [3.8, 4) is 0 Å². The molecule has 0 unspecified atom stereocenters. The molecule has 0 aliphatic heterocycles. The van der Waals surface area contributed by atoms with Crippen molar-refractivity contribution in [2.45, 2.75) is 116 Å². The van der Waals surface area contributed by atoms with E-state index in [1.165, 1.54) is 0 Å². The Labute approximate surface area is 176 Å². The summed E-state index contributed by atoms with van der Waals surface area (Å²) >= 11 is 0. The van der Waals surface area contributed by atoms with Crippen LogP contribution in [-0.4, -0.2) is 45.3 Å². The molecule has 2 aliphatic rings. The quantitative estimate of drug-likeness (QED) is 0.462. The molecule has 29 heavy (non-hydrogen) atoms. The lowest BCUT2D eigenvalue weighted by molar-refractivity contribution is -0.145. The van der Waals surface area contributed by atoms with Gasteiger partial charge in [-0.3, -0.25) is 9.59 Å². The molecular formula is C23H42N2O4. The van der Waals surface area contributed by atoms with Gasteiger partial charge in [-0.2, -0.15) is 0 Å². The maximum absolute atomic E-state index is 13.1. The van der Waals surface area contributed by atoms with Gasteiger partial charge in [-0.05, 0) is 51.4 Å². The van der Waals surface area contributed by atoms with E-state index < -0.39 is 16.6 Å². The SMILES string of the molecule is CC(C)[C@@H](NC(=O)C(C)(C)C(=O)N[C@H](C(C)C)C1(O)CCCC1)C1(O)CCCC1. The first-order chi connectivity index (χ1) is 13.3. The zero-order valence-corrected chi connectivity index (χ0v) is 19.2. The molecule has 2 saturated carbocycles. The second-order valence-corrected chi connectivity index (χ2v) is 10.6. The lowest BCUT2D eigenvalue weighted by Gasteiger charge is -2.40. The fourth-order valence-corrected chi connectivity index (χ4v) is 5.19. The maximum Gasteiger partial charge on any atom is 0.235 e. The van der Waals surface area contributed by atoms with Crippen molar-refractivity contribution in [2.24, 2.45) is 17.3 Å². The molecule has 2 atom stereocenters. The van der Waals surface area contributed by atoms with Crippen LogP contribution in [0.15, 0.2) is 0 Å². The van der Waals surface area contributed by atoms with Gasteiger partial charge in [0.2, 0.25) is 11.8 Å². The zero-order chi connectivity index (χ0) is 22.0. The number of carbonyl (C=O) groups is 2. The number of nitrogens with one attached hydrogen (secondary N) is 2. The van der Waals surface area contributed by atoms with Gasteiger partial charge in [0, 0.05) is 0 Å². The van der Waals surface area contributed by atoms with Gasteiger partial charge < -0.3 is 20.8 Å². The third-order valence-electron chi connectivity index (χ3n) is 7.14. The molecular weight excluding hydrogens is 368 g/mol. The number of rotatable bonds is 8. The molecule has 0 aromatic heterocycles. The van der Waals surface area contributed by atoms with Crippen molar-refractivity contribution >= 4 is 11.8 Å². The Morgan fingerprint density at radius 1 is 0.724 bits per heavy atom. The standard InChI is InChI=1S/C23H42N2O4/c1-15(2)17(22(28)11-7-8-12-22)24-19(26)21(5,6)20(27)25-18(16(3)4)23(29)13-9-10-14-23/h15-18,28-29H,7-14H2,1-6H3,(H,24,26)(H,25,27)/t17-,18-/m1/s1. The summed E-state index contributed by atoms with van der Waals surface area (Å²) in [4.78, 5) is 26.3. The van der Waals surface area contributed by atoms with Crippen molar-refractivity contribution in [1.82, 2.24) is 10.6 Å². The van der Waals surface area contributed by atoms with Crippen LogP contribution in [0.25, 0.3) is 0 Å². The molecule has 2 fully saturated rings. The zero-order valence-electron chi connectivity index (χ0n) is 19.2. The first-order valence-corrected chi connectivity index (χ1v) is 11.4. The molecule has 6 nitrogen and oxygen atoms in total. The monoisotopic (exact) mass is 410 g/mol. The molecule has 0 radical (unpaired) electrons. The summed E-state index contributed by atoms with van der Waals surface area (Å²) < 4.78 is 0. The highest BCUT2D eigenvalue weighted by molar-refractivity contribution is 6.04. The summed E-state index contributed by atoms with van der Waals surface area (Å²) in [5.41, 5.74) is -3.12.